The summed E-state index contributed by atoms with van der Waals surface area (Å²) in [7, 11) is 0. The fraction of sp³-hybridized carbons (Fsp3) is 0.625. The molecular weight excluding hydrogens is 216 g/mol. The molecule has 0 aromatic carbocycles. The summed E-state index contributed by atoms with van der Waals surface area (Å²) in [6, 6.07) is 0.0485. The van der Waals surface area contributed by atoms with Gasteiger partial charge in [-0.2, -0.15) is 0 Å². The van der Waals surface area contributed by atoms with Crippen LogP contribution in [0.2, 0.25) is 0 Å². The van der Waals surface area contributed by atoms with Crippen molar-refractivity contribution in [1.29, 1.82) is 0 Å². The van der Waals surface area contributed by atoms with Crippen molar-refractivity contribution in [3.8, 4) is 0 Å². The summed E-state index contributed by atoms with van der Waals surface area (Å²) in [5.74, 6) is 0.184. The van der Waals surface area contributed by atoms with E-state index in [1.807, 2.05) is 13.8 Å². The standard InChI is InChI=1S/C8H14N4O2S/c1-5(2)12-7(14)10-11-8(12)15-4-3-6(9)13/h5H,3-4H2,1-2H3,(H2,9,13)(H,10,14). The Kier molecular flexibility index (Phi) is 3.96. The number of aromatic amines is 1. The van der Waals surface area contributed by atoms with E-state index in [2.05, 4.69) is 10.2 Å². The minimum absolute atomic E-state index is 0.0485. The zero-order valence-electron chi connectivity index (χ0n) is 8.69. The topological polar surface area (TPSA) is 93.8 Å². The Morgan fingerprint density at radius 3 is 2.87 bits per heavy atom. The van der Waals surface area contributed by atoms with Gasteiger partial charge >= 0.3 is 5.69 Å². The van der Waals surface area contributed by atoms with Gasteiger partial charge in [0.05, 0.1) is 0 Å². The molecule has 0 atom stereocenters. The molecule has 0 aliphatic rings. The molecular formula is C8H14N4O2S. The molecule has 0 aliphatic carbocycles. The van der Waals surface area contributed by atoms with Crippen molar-refractivity contribution in [1.82, 2.24) is 14.8 Å². The number of nitrogens with two attached hydrogens (primary N) is 1. The Morgan fingerprint density at radius 2 is 2.33 bits per heavy atom. The highest BCUT2D eigenvalue weighted by atomic mass is 32.2. The molecule has 84 valence electrons. The molecule has 0 saturated heterocycles. The number of carbonyl (C=O) groups excluding carboxylic acids is 1. The van der Waals surface area contributed by atoms with E-state index in [9.17, 15) is 9.59 Å². The number of aromatic nitrogens is 3. The van der Waals surface area contributed by atoms with Crippen LogP contribution in [0.25, 0.3) is 0 Å². The summed E-state index contributed by atoms with van der Waals surface area (Å²) in [4.78, 5) is 21.8. The Labute approximate surface area is 91.2 Å². The van der Waals surface area contributed by atoms with Crippen LogP contribution in [-0.4, -0.2) is 26.4 Å². The second-order valence-electron chi connectivity index (χ2n) is 3.34. The van der Waals surface area contributed by atoms with Crippen LogP contribution in [0.15, 0.2) is 9.95 Å². The van der Waals surface area contributed by atoms with Gasteiger partial charge in [0, 0.05) is 18.2 Å². The lowest BCUT2D eigenvalue weighted by Crippen LogP contribution is -2.19. The minimum atomic E-state index is -0.350. The highest BCUT2D eigenvalue weighted by Crippen LogP contribution is 2.17. The quantitative estimate of drug-likeness (QED) is 0.702. The molecule has 15 heavy (non-hydrogen) atoms. The largest absolute Gasteiger partial charge is 0.370 e. The van der Waals surface area contributed by atoms with E-state index >= 15 is 0 Å². The zero-order valence-corrected chi connectivity index (χ0v) is 9.50. The average molecular weight is 230 g/mol. The molecule has 1 heterocycles. The number of nitrogens with one attached hydrogen (secondary N) is 1. The zero-order chi connectivity index (χ0) is 11.4. The highest BCUT2D eigenvalue weighted by Gasteiger charge is 2.11. The molecule has 7 heteroatoms. The van der Waals surface area contributed by atoms with E-state index in [1.54, 1.807) is 4.57 Å². The number of primary amides is 1. The van der Waals surface area contributed by atoms with Crippen molar-refractivity contribution in [3.05, 3.63) is 10.5 Å². The number of hydrogen-bond donors (Lipinski definition) is 2. The van der Waals surface area contributed by atoms with E-state index < -0.39 is 0 Å². The summed E-state index contributed by atoms with van der Waals surface area (Å²) >= 11 is 1.34. The van der Waals surface area contributed by atoms with Gasteiger partial charge in [-0.05, 0) is 13.8 Å². The van der Waals surface area contributed by atoms with Crippen LogP contribution in [0.1, 0.15) is 26.3 Å². The lowest BCUT2D eigenvalue weighted by Gasteiger charge is -2.07. The molecule has 0 radical (unpaired) electrons. The first-order valence-electron chi connectivity index (χ1n) is 4.60. The monoisotopic (exact) mass is 230 g/mol. The van der Waals surface area contributed by atoms with Gasteiger partial charge in [-0.1, -0.05) is 11.8 Å². The first-order chi connectivity index (χ1) is 7.02. The van der Waals surface area contributed by atoms with Crippen LogP contribution in [0.3, 0.4) is 0 Å². The Bertz CT molecular complexity index is 396. The Balaban J connectivity index is 2.69. The third kappa shape index (κ3) is 3.12. The van der Waals surface area contributed by atoms with E-state index in [4.69, 9.17) is 5.73 Å². The van der Waals surface area contributed by atoms with Gasteiger partial charge in [-0.25, -0.2) is 9.89 Å². The minimum Gasteiger partial charge on any atom is -0.370 e. The molecule has 0 fully saturated rings. The summed E-state index contributed by atoms with van der Waals surface area (Å²) in [6.45, 7) is 3.80. The first kappa shape index (κ1) is 11.8. The molecule has 0 aliphatic heterocycles. The van der Waals surface area contributed by atoms with Gasteiger partial charge in [0.15, 0.2) is 5.16 Å². The van der Waals surface area contributed by atoms with E-state index in [0.29, 0.717) is 10.9 Å². The van der Waals surface area contributed by atoms with Gasteiger partial charge in [0.1, 0.15) is 0 Å². The van der Waals surface area contributed by atoms with Crippen molar-refractivity contribution in [3.63, 3.8) is 0 Å². The number of carbonyl (C=O) groups is 1. The molecule has 1 aromatic rings. The lowest BCUT2D eigenvalue weighted by molar-refractivity contribution is -0.117. The van der Waals surface area contributed by atoms with Crippen LogP contribution in [0.5, 0.6) is 0 Å². The molecule has 0 unspecified atom stereocenters. The van der Waals surface area contributed by atoms with Crippen molar-refractivity contribution >= 4 is 17.7 Å². The second-order valence-corrected chi connectivity index (χ2v) is 4.40. The van der Waals surface area contributed by atoms with Crippen LogP contribution in [0.4, 0.5) is 0 Å². The van der Waals surface area contributed by atoms with Crippen molar-refractivity contribution in [2.24, 2.45) is 5.73 Å². The molecule has 6 nitrogen and oxygen atoms in total. The van der Waals surface area contributed by atoms with Crippen LogP contribution in [0, 0.1) is 0 Å². The summed E-state index contributed by atoms with van der Waals surface area (Å²) in [5, 5.41) is 6.84. The van der Waals surface area contributed by atoms with Gasteiger partial charge in [0.2, 0.25) is 5.91 Å². The lowest BCUT2D eigenvalue weighted by atomic mass is 10.4. The van der Waals surface area contributed by atoms with Crippen LogP contribution >= 0.6 is 11.8 Å². The number of thioether (sulfide) groups is 1. The second kappa shape index (κ2) is 5.01. The number of rotatable bonds is 5. The van der Waals surface area contributed by atoms with Crippen molar-refractivity contribution in [2.45, 2.75) is 31.5 Å². The predicted molar refractivity (Wildman–Crippen MR) is 57.8 cm³/mol. The Hall–Kier alpha value is -1.24. The summed E-state index contributed by atoms with van der Waals surface area (Å²) in [6.07, 6.45) is 0.282. The summed E-state index contributed by atoms with van der Waals surface area (Å²) < 4.78 is 1.55. The molecule has 1 aromatic heterocycles. The number of nitrogens with zero attached hydrogens (tertiary/aromatic N) is 2. The third-order valence-corrected chi connectivity index (χ3v) is 2.72. The van der Waals surface area contributed by atoms with Gasteiger partial charge < -0.3 is 5.73 Å². The highest BCUT2D eigenvalue weighted by molar-refractivity contribution is 7.99. The van der Waals surface area contributed by atoms with Crippen LogP contribution in [-0.2, 0) is 4.79 Å². The van der Waals surface area contributed by atoms with Crippen LogP contribution < -0.4 is 11.4 Å². The third-order valence-electron chi connectivity index (χ3n) is 1.77. The van der Waals surface area contributed by atoms with Gasteiger partial charge in [-0.15, -0.1) is 5.10 Å². The smallest absolute Gasteiger partial charge is 0.344 e. The van der Waals surface area contributed by atoms with Gasteiger partial charge in [0.25, 0.3) is 0 Å². The fourth-order valence-corrected chi connectivity index (χ4v) is 2.12. The SMILES string of the molecule is CC(C)n1c(SCCC(N)=O)n[nH]c1=O. The maximum absolute atomic E-state index is 11.3. The van der Waals surface area contributed by atoms with Crippen molar-refractivity contribution in [2.75, 3.05) is 5.75 Å². The van der Waals surface area contributed by atoms with Crippen molar-refractivity contribution < 1.29 is 4.79 Å². The number of amides is 1. The van der Waals surface area contributed by atoms with E-state index in [0.717, 1.165) is 0 Å². The average Bonchev–Trinajstić information content (AvgIpc) is 2.46. The molecule has 1 rings (SSSR count). The molecule has 0 saturated carbocycles. The fourth-order valence-electron chi connectivity index (χ4n) is 1.09. The van der Waals surface area contributed by atoms with E-state index in [1.165, 1.54) is 11.8 Å². The number of hydrogen-bond acceptors (Lipinski definition) is 4. The van der Waals surface area contributed by atoms with E-state index in [-0.39, 0.29) is 24.1 Å². The maximum Gasteiger partial charge on any atom is 0.344 e. The molecule has 3 N–H and O–H groups in total. The normalized spacial score (nSPS) is 10.9. The molecule has 0 spiro atoms. The number of H-pyrrole nitrogens is 1. The predicted octanol–water partition coefficient (Wildman–Crippen LogP) is 0.120. The maximum atomic E-state index is 11.3. The Morgan fingerprint density at radius 1 is 1.67 bits per heavy atom. The summed E-state index contributed by atoms with van der Waals surface area (Å²) in [5.41, 5.74) is 4.78. The first-order valence-corrected chi connectivity index (χ1v) is 5.59. The molecule has 0 bridgehead atoms. The molecule has 1 amide bonds. The van der Waals surface area contributed by atoms with Gasteiger partial charge in [-0.3, -0.25) is 9.36 Å².